The molecule has 0 bridgehead atoms. The van der Waals surface area contributed by atoms with Gasteiger partial charge in [0.2, 0.25) is 5.91 Å². The molecule has 0 spiro atoms. The van der Waals surface area contributed by atoms with Gasteiger partial charge < -0.3 is 20.5 Å². The molecule has 1 amide bonds. The third kappa shape index (κ3) is 4.55. The molecule has 1 aromatic carbocycles. The van der Waals surface area contributed by atoms with E-state index in [4.69, 9.17) is 21.4 Å². The summed E-state index contributed by atoms with van der Waals surface area (Å²) in [6.07, 6.45) is 7.56. The number of ether oxygens (including phenoxy) is 1. The van der Waals surface area contributed by atoms with Crippen LogP contribution in [0.3, 0.4) is 0 Å². The van der Waals surface area contributed by atoms with Gasteiger partial charge in [-0.1, -0.05) is 11.6 Å². The van der Waals surface area contributed by atoms with E-state index in [0.29, 0.717) is 52.0 Å². The summed E-state index contributed by atoms with van der Waals surface area (Å²) in [5.41, 5.74) is 2.85. The van der Waals surface area contributed by atoms with Gasteiger partial charge in [-0.2, -0.15) is 10.2 Å². The van der Waals surface area contributed by atoms with E-state index in [1.807, 2.05) is 0 Å². The Labute approximate surface area is 200 Å². The molecule has 1 aliphatic carbocycles. The number of anilines is 1. The number of carbonyl (C=O) groups is 1. The van der Waals surface area contributed by atoms with E-state index >= 15 is 0 Å². The van der Waals surface area contributed by atoms with Crippen LogP contribution in [0.4, 0.5) is 5.69 Å². The van der Waals surface area contributed by atoms with Crippen LogP contribution in [0.15, 0.2) is 49.1 Å². The summed E-state index contributed by atoms with van der Waals surface area (Å²) in [5, 5.41) is 26.5. The zero-order chi connectivity index (χ0) is 23.7. The van der Waals surface area contributed by atoms with Crippen LogP contribution in [-0.4, -0.2) is 49.0 Å². The highest BCUT2D eigenvalue weighted by Crippen LogP contribution is 2.37. The first-order chi connectivity index (χ1) is 16.5. The van der Waals surface area contributed by atoms with Crippen molar-refractivity contribution in [3.05, 3.63) is 59.6 Å². The number of rotatable bonds is 9. The molecule has 4 aromatic rings. The van der Waals surface area contributed by atoms with E-state index in [0.717, 1.165) is 12.8 Å². The van der Waals surface area contributed by atoms with E-state index in [1.165, 1.54) is 0 Å². The Bertz CT molecular complexity index is 1330. The molecule has 1 fully saturated rings. The number of amides is 1. The van der Waals surface area contributed by atoms with Crippen molar-refractivity contribution >= 4 is 28.8 Å². The minimum atomic E-state index is -1.09. The Morgan fingerprint density at radius 3 is 3.03 bits per heavy atom. The molecule has 1 atom stereocenters. The first-order valence-corrected chi connectivity index (χ1v) is 11.3. The van der Waals surface area contributed by atoms with Crippen LogP contribution in [0, 0.1) is 5.92 Å². The average molecular weight is 482 g/mol. The summed E-state index contributed by atoms with van der Waals surface area (Å²) in [5.74, 6) is 0.820. The maximum Gasteiger partial charge on any atom is 0.223 e. The number of methoxy groups -OCH3 is 1. The van der Waals surface area contributed by atoms with Gasteiger partial charge in [0.05, 0.1) is 31.1 Å². The van der Waals surface area contributed by atoms with Crippen LogP contribution >= 0.6 is 11.6 Å². The molecule has 3 heterocycles. The number of aromatic nitrogens is 5. The van der Waals surface area contributed by atoms with E-state index in [1.54, 1.807) is 65.4 Å². The number of nitrogens with zero attached hydrogens (tertiary/aromatic N) is 5. The zero-order valence-electron chi connectivity index (χ0n) is 18.5. The van der Waals surface area contributed by atoms with Crippen LogP contribution < -0.4 is 15.4 Å². The topological polar surface area (TPSA) is 119 Å². The monoisotopic (exact) mass is 481 g/mol. The molecule has 0 radical (unpaired) electrons. The van der Waals surface area contributed by atoms with Gasteiger partial charge in [0, 0.05) is 41.6 Å². The molecule has 0 saturated heterocycles. The third-order valence-corrected chi connectivity index (χ3v) is 5.90. The molecule has 10 nitrogen and oxygen atoms in total. The maximum atomic E-state index is 12.0. The van der Waals surface area contributed by atoms with Crippen LogP contribution in [0.25, 0.3) is 16.9 Å². The van der Waals surface area contributed by atoms with Crippen LogP contribution in [0.2, 0.25) is 5.02 Å². The summed E-state index contributed by atoms with van der Waals surface area (Å²) < 4.78 is 8.83. The van der Waals surface area contributed by atoms with Gasteiger partial charge in [0.25, 0.3) is 0 Å². The highest BCUT2D eigenvalue weighted by atomic mass is 35.5. The highest BCUT2D eigenvalue weighted by molar-refractivity contribution is 6.31. The summed E-state index contributed by atoms with van der Waals surface area (Å²) in [6.45, 7) is 0.910. The van der Waals surface area contributed by atoms with Gasteiger partial charge in [-0.15, -0.1) is 0 Å². The Morgan fingerprint density at radius 1 is 1.38 bits per heavy atom. The van der Waals surface area contributed by atoms with Crippen LogP contribution in [0.5, 0.6) is 5.75 Å². The fourth-order valence-corrected chi connectivity index (χ4v) is 3.92. The van der Waals surface area contributed by atoms with E-state index in [-0.39, 0.29) is 11.8 Å². The van der Waals surface area contributed by atoms with Crippen molar-refractivity contribution < 1.29 is 14.6 Å². The van der Waals surface area contributed by atoms with Crippen molar-refractivity contribution in [2.45, 2.75) is 25.6 Å². The molecule has 1 saturated carbocycles. The summed E-state index contributed by atoms with van der Waals surface area (Å²) in [7, 11) is 1.57. The number of carbonyl (C=O) groups excluding carboxylic acids is 1. The second kappa shape index (κ2) is 9.32. The quantitative estimate of drug-likeness (QED) is 0.314. The van der Waals surface area contributed by atoms with Crippen molar-refractivity contribution in [1.29, 1.82) is 0 Å². The van der Waals surface area contributed by atoms with Crippen LogP contribution in [-0.2, 0) is 11.3 Å². The fraction of sp³-hybridized carbons (Fsp3) is 0.304. The van der Waals surface area contributed by atoms with E-state index in [2.05, 4.69) is 20.7 Å². The Morgan fingerprint density at radius 2 is 2.24 bits per heavy atom. The molecule has 3 N–H and O–H groups in total. The van der Waals surface area contributed by atoms with Crippen molar-refractivity contribution in [2.24, 2.45) is 5.92 Å². The first kappa shape index (κ1) is 22.2. The molecule has 1 unspecified atom stereocenters. The van der Waals surface area contributed by atoms with Gasteiger partial charge in [-0.05, 0) is 37.1 Å². The lowest BCUT2D eigenvalue weighted by atomic mass is 10.1. The Balaban J connectivity index is 1.44. The van der Waals surface area contributed by atoms with Crippen LogP contribution in [0.1, 0.15) is 24.6 Å². The Hall–Kier alpha value is -3.63. The minimum absolute atomic E-state index is 0.0817. The summed E-state index contributed by atoms with van der Waals surface area (Å²) >= 11 is 6.26. The van der Waals surface area contributed by atoms with Gasteiger partial charge >= 0.3 is 0 Å². The largest absolute Gasteiger partial charge is 0.496 e. The molecule has 3 aromatic heterocycles. The van der Waals surface area contributed by atoms with Gasteiger partial charge in [0.15, 0.2) is 11.9 Å². The average Bonchev–Trinajstić information content (AvgIpc) is 3.49. The summed E-state index contributed by atoms with van der Waals surface area (Å²) in [6, 6.07) is 7.03. The first-order valence-electron chi connectivity index (χ1n) is 11.0. The lowest BCUT2D eigenvalue weighted by Crippen LogP contribution is -2.28. The van der Waals surface area contributed by atoms with E-state index < -0.39 is 6.23 Å². The summed E-state index contributed by atoms with van der Waals surface area (Å²) in [4.78, 5) is 16.3. The number of fused-ring (bicyclic) bond motifs is 1. The minimum Gasteiger partial charge on any atom is -0.496 e. The number of halogens is 1. The predicted molar refractivity (Wildman–Crippen MR) is 127 cm³/mol. The lowest BCUT2D eigenvalue weighted by molar-refractivity contribution is -0.122. The van der Waals surface area contributed by atoms with Crippen molar-refractivity contribution in [2.75, 3.05) is 19.0 Å². The smallest absolute Gasteiger partial charge is 0.223 e. The van der Waals surface area contributed by atoms with Gasteiger partial charge in [-0.3, -0.25) is 9.48 Å². The second-order valence-corrected chi connectivity index (χ2v) is 8.54. The lowest BCUT2D eigenvalue weighted by Gasteiger charge is -2.14. The number of benzene rings is 1. The van der Waals surface area contributed by atoms with Gasteiger partial charge in [0.1, 0.15) is 11.4 Å². The number of hydrogen-bond acceptors (Lipinski definition) is 7. The molecule has 5 rings (SSSR count). The van der Waals surface area contributed by atoms with Crippen molar-refractivity contribution in [1.82, 2.24) is 29.7 Å². The Kier molecular flexibility index (Phi) is 6.08. The SMILES string of the molecule is COc1ccc(Cl)cc1-c1nn(CCNC(=O)C2CC2)cc1NC(O)c1cnn2cccnc12. The molecule has 0 aliphatic heterocycles. The van der Waals surface area contributed by atoms with Gasteiger partial charge in [-0.25, -0.2) is 9.50 Å². The zero-order valence-corrected chi connectivity index (χ0v) is 19.2. The highest BCUT2D eigenvalue weighted by Gasteiger charge is 2.29. The number of aliphatic hydroxyl groups is 1. The molecule has 34 heavy (non-hydrogen) atoms. The van der Waals surface area contributed by atoms with Crippen molar-refractivity contribution in [3.8, 4) is 17.0 Å². The molecule has 1 aliphatic rings. The maximum absolute atomic E-state index is 12.0. The molecular weight excluding hydrogens is 458 g/mol. The molecule has 176 valence electrons. The predicted octanol–water partition coefficient (Wildman–Crippen LogP) is 2.88. The molecule has 11 heteroatoms. The second-order valence-electron chi connectivity index (χ2n) is 8.10. The van der Waals surface area contributed by atoms with Crippen molar-refractivity contribution in [3.63, 3.8) is 0 Å². The standard InChI is InChI=1S/C23H24ClN7O3/c1-34-19-6-5-15(24)11-16(19)20-18(13-30(29-20)10-8-26-22(32)14-3-4-14)28-23(33)17-12-27-31-9-2-7-25-21(17)31/h2,5-7,9,11-14,23,28,33H,3-4,8,10H2,1H3,(H,26,32). The molecular formula is C23H24ClN7O3. The van der Waals surface area contributed by atoms with E-state index in [9.17, 15) is 9.90 Å². The fourth-order valence-electron chi connectivity index (χ4n) is 3.75. The normalized spacial score (nSPS) is 14.2. The number of aliphatic hydroxyl groups excluding tert-OH is 1. The number of hydrogen-bond donors (Lipinski definition) is 3. The number of nitrogens with one attached hydrogen (secondary N) is 2. The third-order valence-electron chi connectivity index (χ3n) is 5.66.